The molecule has 116 valence electrons. The molecule has 1 aliphatic carbocycles. The molecule has 23 heavy (non-hydrogen) atoms. The number of nitrogens with zero attached hydrogens (tertiary/aromatic N) is 2. The third-order valence-corrected chi connectivity index (χ3v) is 5.01. The fourth-order valence-corrected chi connectivity index (χ4v) is 3.64. The highest BCUT2D eigenvalue weighted by molar-refractivity contribution is 7.99. The van der Waals surface area contributed by atoms with Gasteiger partial charge in [-0.1, -0.05) is 48.9 Å². The standard InChI is InChI=1S/C20H20N2S/c21-15-18-14-17-11-5-2-6-12-19(17)22-20(18)23-13-7-10-16-8-3-1-4-9-16/h1,3-4,7-10,14H,2,5-6,11-13H2. The van der Waals surface area contributed by atoms with Gasteiger partial charge in [-0.15, -0.1) is 11.8 Å². The number of nitriles is 1. The summed E-state index contributed by atoms with van der Waals surface area (Å²) in [4.78, 5) is 4.80. The summed E-state index contributed by atoms with van der Waals surface area (Å²) in [6.07, 6.45) is 10.1. The van der Waals surface area contributed by atoms with Gasteiger partial charge >= 0.3 is 0 Å². The first-order valence-electron chi connectivity index (χ1n) is 8.14. The first-order valence-corrected chi connectivity index (χ1v) is 9.12. The van der Waals surface area contributed by atoms with E-state index in [1.807, 2.05) is 18.2 Å². The van der Waals surface area contributed by atoms with Crippen molar-refractivity contribution in [3.8, 4) is 6.07 Å². The minimum atomic E-state index is 0.726. The van der Waals surface area contributed by atoms with Crippen LogP contribution < -0.4 is 0 Å². The van der Waals surface area contributed by atoms with E-state index in [1.54, 1.807) is 11.8 Å². The van der Waals surface area contributed by atoms with Crippen LogP contribution in [0.25, 0.3) is 6.08 Å². The van der Waals surface area contributed by atoms with Crippen LogP contribution in [-0.2, 0) is 12.8 Å². The second-order valence-corrected chi connectivity index (χ2v) is 6.75. The maximum absolute atomic E-state index is 9.40. The molecule has 0 N–H and O–H groups in total. The summed E-state index contributed by atoms with van der Waals surface area (Å²) in [6.45, 7) is 0. The lowest BCUT2D eigenvalue weighted by molar-refractivity contribution is 0.707. The summed E-state index contributed by atoms with van der Waals surface area (Å²) < 4.78 is 0. The number of aromatic nitrogens is 1. The van der Waals surface area contributed by atoms with Crippen molar-refractivity contribution >= 4 is 17.8 Å². The molecular weight excluding hydrogens is 300 g/mol. The predicted molar refractivity (Wildman–Crippen MR) is 96.4 cm³/mol. The van der Waals surface area contributed by atoms with Crippen LogP contribution in [0.3, 0.4) is 0 Å². The van der Waals surface area contributed by atoms with Crippen molar-refractivity contribution in [3.05, 3.63) is 64.9 Å². The van der Waals surface area contributed by atoms with Gasteiger partial charge in [0.05, 0.1) is 5.56 Å². The second-order valence-electron chi connectivity index (χ2n) is 5.74. The first kappa shape index (κ1) is 15.8. The van der Waals surface area contributed by atoms with E-state index in [2.05, 4.69) is 36.4 Å². The molecule has 1 heterocycles. The molecule has 3 heteroatoms. The van der Waals surface area contributed by atoms with Gasteiger partial charge in [0, 0.05) is 11.4 Å². The van der Waals surface area contributed by atoms with Crippen LogP contribution >= 0.6 is 11.8 Å². The fraction of sp³-hybridized carbons (Fsp3) is 0.300. The molecule has 0 saturated heterocycles. The zero-order chi connectivity index (χ0) is 15.9. The van der Waals surface area contributed by atoms with Crippen molar-refractivity contribution in [2.45, 2.75) is 37.1 Å². The lowest BCUT2D eigenvalue weighted by Gasteiger charge is -2.09. The zero-order valence-corrected chi connectivity index (χ0v) is 14.0. The van der Waals surface area contributed by atoms with Crippen LogP contribution in [0.5, 0.6) is 0 Å². The summed E-state index contributed by atoms with van der Waals surface area (Å²) in [5.74, 6) is 0.829. The first-order chi connectivity index (χ1) is 11.4. The molecular formula is C20H20N2S. The van der Waals surface area contributed by atoms with Crippen molar-refractivity contribution in [2.75, 3.05) is 5.75 Å². The van der Waals surface area contributed by atoms with Gasteiger partial charge in [-0.05, 0) is 42.9 Å². The maximum Gasteiger partial charge on any atom is 0.114 e. The molecule has 1 aromatic heterocycles. The quantitative estimate of drug-likeness (QED) is 0.586. The van der Waals surface area contributed by atoms with Crippen molar-refractivity contribution in [2.24, 2.45) is 0 Å². The minimum absolute atomic E-state index is 0.726. The van der Waals surface area contributed by atoms with Crippen molar-refractivity contribution < 1.29 is 0 Å². The highest BCUT2D eigenvalue weighted by atomic mass is 32.2. The van der Waals surface area contributed by atoms with E-state index < -0.39 is 0 Å². The Balaban J connectivity index is 1.71. The third kappa shape index (κ3) is 4.24. The van der Waals surface area contributed by atoms with Crippen LogP contribution in [0, 0.1) is 11.3 Å². The van der Waals surface area contributed by atoms with Gasteiger partial charge < -0.3 is 0 Å². The van der Waals surface area contributed by atoms with E-state index in [0.717, 1.165) is 29.2 Å². The highest BCUT2D eigenvalue weighted by Gasteiger charge is 2.14. The van der Waals surface area contributed by atoms with Crippen molar-refractivity contribution in [1.29, 1.82) is 5.26 Å². The van der Waals surface area contributed by atoms with E-state index in [0.29, 0.717) is 0 Å². The molecule has 0 bridgehead atoms. The van der Waals surface area contributed by atoms with Gasteiger partial charge in [-0.3, -0.25) is 0 Å². The van der Waals surface area contributed by atoms with Crippen LogP contribution in [0.2, 0.25) is 0 Å². The van der Waals surface area contributed by atoms with Crippen LogP contribution in [0.1, 0.15) is 41.6 Å². The SMILES string of the molecule is N#Cc1cc2c(nc1SCC=Cc1ccccc1)CCCCC2. The van der Waals surface area contributed by atoms with Gasteiger partial charge in [0.2, 0.25) is 0 Å². The largest absolute Gasteiger partial charge is 0.245 e. The second kappa shape index (κ2) is 7.99. The van der Waals surface area contributed by atoms with Gasteiger partial charge in [-0.25, -0.2) is 4.98 Å². The molecule has 0 radical (unpaired) electrons. The molecule has 2 aromatic rings. The fourth-order valence-electron chi connectivity index (χ4n) is 2.86. The maximum atomic E-state index is 9.40. The highest BCUT2D eigenvalue weighted by Crippen LogP contribution is 2.27. The Morgan fingerprint density at radius 1 is 1.13 bits per heavy atom. The summed E-state index contributed by atoms with van der Waals surface area (Å²) in [7, 11) is 0. The number of hydrogen-bond donors (Lipinski definition) is 0. The molecule has 0 saturated carbocycles. The van der Waals surface area contributed by atoms with Crippen LogP contribution in [0.15, 0.2) is 47.5 Å². The average Bonchev–Trinajstić information content (AvgIpc) is 2.83. The lowest BCUT2D eigenvalue weighted by atomic mass is 10.1. The molecule has 0 fully saturated rings. The Labute approximate surface area is 142 Å². The Hall–Kier alpha value is -2.05. The Kier molecular flexibility index (Phi) is 5.50. The van der Waals surface area contributed by atoms with Crippen molar-refractivity contribution in [3.63, 3.8) is 0 Å². The third-order valence-electron chi connectivity index (χ3n) is 4.06. The summed E-state index contributed by atoms with van der Waals surface area (Å²) in [5, 5.41) is 10.3. The summed E-state index contributed by atoms with van der Waals surface area (Å²) in [6, 6.07) is 14.6. The summed E-state index contributed by atoms with van der Waals surface area (Å²) in [5.41, 5.74) is 4.41. The smallest absolute Gasteiger partial charge is 0.114 e. The molecule has 0 amide bonds. The number of benzene rings is 1. The van der Waals surface area contributed by atoms with Crippen LogP contribution in [0.4, 0.5) is 0 Å². The molecule has 2 nitrogen and oxygen atoms in total. The van der Waals surface area contributed by atoms with E-state index in [9.17, 15) is 5.26 Å². The number of rotatable bonds is 4. The van der Waals surface area contributed by atoms with Crippen molar-refractivity contribution in [1.82, 2.24) is 4.98 Å². The minimum Gasteiger partial charge on any atom is -0.245 e. The lowest BCUT2D eigenvalue weighted by Crippen LogP contribution is -2.00. The van der Waals surface area contributed by atoms with Gasteiger partial charge in [0.25, 0.3) is 0 Å². The molecule has 0 spiro atoms. The number of pyridine rings is 1. The molecule has 0 unspecified atom stereocenters. The van der Waals surface area contributed by atoms with Gasteiger partial charge in [-0.2, -0.15) is 5.26 Å². The van der Waals surface area contributed by atoms with Crippen LogP contribution in [-0.4, -0.2) is 10.7 Å². The van der Waals surface area contributed by atoms with Gasteiger partial charge in [0.1, 0.15) is 11.1 Å². The molecule has 0 aliphatic heterocycles. The number of thioether (sulfide) groups is 1. The number of fused-ring (bicyclic) bond motifs is 1. The predicted octanol–water partition coefficient (Wildman–Crippen LogP) is 5.03. The number of aryl methyl sites for hydroxylation is 2. The van der Waals surface area contributed by atoms with E-state index in [1.165, 1.54) is 36.1 Å². The molecule has 1 aromatic carbocycles. The van der Waals surface area contributed by atoms with E-state index in [-0.39, 0.29) is 0 Å². The Bertz CT molecular complexity index is 729. The topological polar surface area (TPSA) is 36.7 Å². The molecule has 1 aliphatic rings. The normalized spacial score (nSPS) is 14.2. The summed E-state index contributed by atoms with van der Waals surface area (Å²) >= 11 is 1.65. The molecule has 3 rings (SSSR count). The van der Waals surface area contributed by atoms with E-state index in [4.69, 9.17) is 4.98 Å². The molecule has 0 atom stereocenters. The Morgan fingerprint density at radius 2 is 1.96 bits per heavy atom. The van der Waals surface area contributed by atoms with E-state index >= 15 is 0 Å². The zero-order valence-electron chi connectivity index (χ0n) is 13.2. The van der Waals surface area contributed by atoms with Gasteiger partial charge in [0.15, 0.2) is 0 Å². The Morgan fingerprint density at radius 3 is 2.78 bits per heavy atom. The number of hydrogen-bond acceptors (Lipinski definition) is 3. The average molecular weight is 320 g/mol. The monoisotopic (exact) mass is 320 g/mol.